The molecule has 2 N–H and O–H groups in total. The second kappa shape index (κ2) is 5.64. The van der Waals surface area contributed by atoms with Gasteiger partial charge in [-0.25, -0.2) is 0 Å². The minimum Gasteiger partial charge on any atom is -0.329 e. The summed E-state index contributed by atoms with van der Waals surface area (Å²) in [6, 6.07) is 0. The number of hydrogen-bond acceptors (Lipinski definition) is 2. The fourth-order valence-electron chi connectivity index (χ4n) is 2.74. The zero-order valence-electron chi connectivity index (χ0n) is 10.2. The molecule has 0 atom stereocenters. The van der Waals surface area contributed by atoms with E-state index >= 15 is 0 Å². The van der Waals surface area contributed by atoms with Gasteiger partial charge >= 0.3 is 0 Å². The third kappa shape index (κ3) is 2.81. The normalized spacial score (nSPS) is 18.3. The van der Waals surface area contributed by atoms with Gasteiger partial charge in [0.15, 0.2) is 0 Å². The molecule has 0 bridgehead atoms. The third-order valence-electron chi connectivity index (χ3n) is 4.28. The van der Waals surface area contributed by atoms with E-state index in [-0.39, 0.29) is 5.41 Å². The molecule has 2 heteroatoms. The van der Waals surface area contributed by atoms with Gasteiger partial charge < -0.3 is 5.73 Å². The van der Waals surface area contributed by atoms with Gasteiger partial charge in [-0.2, -0.15) is 0 Å². The molecule has 0 aromatic carbocycles. The minimum absolute atomic E-state index is 0.220. The van der Waals surface area contributed by atoms with E-state index in [1.165, 1.54) is 25.7 Å². The first-order valence-electron chi connectivity index (χ1n) is 6.42. The van der Waals surface area contributed by atoms with Gasteiger partial charge in [0.05, 0.1) is 0 Å². The van der Waals surface area contributed by atoms with E-state index in [2.05, 4.69) is 13.8 Å². The number of ketones is 1. The largest absolute Gasteiger partial charge is 0.329 e. The molecule has 1 rings (SSSR count). The van der Waals surface area contributed by atoms with E-state index in [1.54, 1.807) is 0 Å². The Morgan fingerprint density at radius 3 is 2.20 bits per heavy atom. The van der Waals surface area contributed by atoms with Crippen molar-refractivity contribution in [3.8, 4) is 0 Å². The first kappa shape index (κ1) is 12.7. The molecule has 0 heterocycles. The average Bonchev–Trinajstić information content (AvgIpc) is 2.74. The Balaban J connectivity index is 2.55. The number of carbonyl (C=O) groups excluding carboxylic acids is 1. The molecule has 2 nitrogen and oxygen atoms in total. The Kier molecular flexibility index (Phi) is 4.78. The quantitative estimate of drug-likeness (QED) is 0.734. The highest BCUT2D eigenvalue weighted by Crippen LogP contribution is 2.34. The van der Waals surface area contributed by atoms with Gasteiger partial charge in [-0.3, -0.25) is 4.79 Å². The first-order valence-corrected chi connectivity index (χ1v) is 6.42. The molecule has 0 unspecified atom stereocenters. The smallest absolute Gasteiger partial charge is 0.140 e. The fraction of sp³-hybridized carbons (Fsp3) is 0.923. The molecule has 0 aromatic heterocycles. The molecule has 1 fully saturated rings. The minimum atomic E-state index is -0.220. The summed E-state index contributed by atoms with van der Waals surface area (Å²) in [6.45, 7) is 4.69. The molecular formula is C13H25NO. The summed E-state index contributed by atoms with van der Waals surface area (Å²) < 4.78 is 0. The Morgan fingerprint density at radius 1 is 1.27 bits per heavy atom. The van der Waals surface area contributed by atoms with Crippen LogP contribution in [0.4, 0.5) is 0 Å². The number of rotatable bonds is 6. The van der Waals surface area contributed by atoms with Crippen molar-refractivity contribution in [3.05, 3.63) is 0 Å². The Labute approximate surface area is 93.6 Å². The van der Waals surface area contributed by atoms with E-state index in [4.69, 9.17) is 5.73 Å². The molecule has 1 aliphatic carbocycles. The predicted octanol–water partition coefficient (Wildman–Crippen LogP) is 2.90. The summed E-state index contributed by atoms with van der Waals surface area (Å²) in [5, 5.41) is 0. The van der Waals surface area contributed by atoms with Crippen molar-refractivity contribution in [3.63, 3.8) is 0 Å². The van der Waals surface area contributed by atoms with E-state index in [1.807, 2.05) is 0 Å². The highest BCUT2D eigenvalue weighted by Gasteiger charge is 2.34. The highest BCUT2D eigenvalue weighted by molar-refractivity contribution is 5.85. The van der Waals surface area contributed by atoms with Crippen LogP contribution in [0.15, 0.2) is 0 Å². The molecule has 0 amide bonds. The average molecular weight is 211 g/mol. The summed E-state index contributed by atoms with van der Waals surface area (Å²) >= 11 is 0. The van der Waals surface area contributed by atoms with Crippen LogP contribution in [-0.2, 0) is 4.79 Å². The fourth-order valence-corrected chi connectivity index (χ4v) is 2.74. The SMILES string of the molecule is CCC(CC)(CN)C(=O)CC1CCCC1. The van der Waals surface area contributed by atoms with Gasteiger partial charge in [0, 0.05) is 18.4 Å². The predicted molar refractivity (Wildman–Crippen MR) is 63.7 cm³/mol. The monoisotopic (exact) mass is 211 g/mol. The summed E-state index contributed by atoms with van der Waals surface area (Å²) in [6.07, 6.45) is 7.69. The second-order valence-electron chi connectivity index (χ2n) is 4.97. The van der Waals surface area contributed by atoms with Gasteiger partial charge in [0.25, 0.3) is 0 Å². The van der Waals surface area contributed by atoms with Crippen LogP contribution in [0.5, 0.6) is 0 Å². The van der Waals surface area contributed by atoms with Crippen LogP contribution in [0.3, 0.4) is 0 Å². The summed E-state index contributed by atoms with van der Waals surface area (Å²) in [4.78, 5) is 12.2. The standard InChI is InChI=1S/C13H25NO/c1-3-13(4-2,10-14)12(15)9-11-7-5-6-8-11/h11H,3-10,14H2,1-2H3. The van der Waals surface area contributed by atoms with Gasteiger partial charge in [-0.05, 0) is 18.8 Å². The van der Waals surface area contributed by atoms with Crippen LogP contribution >= 0.6 is 0 Å². The molecule has 0 aliphatic heterocycles. The molecular weight excluding hydrogens is 186 g/mol. The van der Waals surface area contributed by atoms with Crippen LogP contribution in [0, 0.1) is 11.3 Å². The van der Waals surface area contributed by atoms with E-state index in [0.717, 1.165) is 19.3 Å². The highest BCUT2D eigenvalue weighted by atomic mass is 16.1. The molecule has 1 saturated carbocycles. The second-order valence-corrected chi connectivity index (χ2v) is 4.97. The van der Waals surface area contributed by atoms with Crippen molar-refractivity contribution in [2.24, 2.45) is 17.1 Å². The van der Waals surface area contributed by atoms with Crippen LogP contribution < -0.4 is 5.73 Å². The van der Waals surface area contributed by atoms with Crippen molar-refractivity contribution in [2.75, 3.05) is 6.54 Å². The zero-order chi connectivity index (χ0) is 11.3. The first-order chi connectivity index (χ1) is 7.18. The number of nitrogens with two attached hydrogens (primary N) is 1. The number of hydrogen-bond donors (Lipinski definition) is 1. The lowest BCUT2D eigenvalue weighted by molar-refractivity contribution is -0.129. The van der Waals surface area contributed by atoms with Crippen LogP contribution in [-0.4, -0.2) is 12.3 Å². The van der Waals surface area contributed by atoms with Gasteiger partial charge in [-0.15, -0.1) is 0 Å². The van der Waals surface area contributed by atoms with E-state index in [0.29, 0.717) is 18.2 Å². The van der Waals surface area contributed by atoms with Crippen LogP contribution in [0.2, 0.25) is 0 Å². The lowest BCUT2D eigenvalue weighted by atomic mass is 9.75. The Morgan fingerprint density at radius 2 is 1.80 bits per heavy atom. The molecule has 0 saturated heterocycles. The topological polar surface area (TPSA) is 43.1 Å². The molecule has 0 radical (unpaired) electrons. The molecule has 88 valence electrons. The van der Waals surface area contributed by atoms with Crippen molar-refractivity contribution in [2.45, 2.75) is 58.8 Å². The van der Waals surface area contributed by atoms with Crippen LogP contribution in [0.25, 0.3) is 0 Å². The Hall–Kier alpha value is -0.370. The Bertz CT molecular complexity index is 194. The van der Waals surface area contributed by atoms with E-state index < -0.39 is 0 Å². The van der Waals surface area contributed by atoms with E-state index in [9.17, 15) is 4.79 Å². The van der Waals surface area contributed by atoms with Crippen LogP contribution in [0.1, 0.15) is 58.8 Å². The van der Waals surface area contributed by atoms with Crippen molar-refractivity contribution >= 4 is 5.78 Å². The van der Waals surface area contributed by atoms with Gasteiger partial charge in [-0.1, -0.05) is 39.5 Å². The number of Topliss-reactive ketones (excluding diaryl/α,β-unsaturated/α-hetero) is 1. The van der Waals surface area contributed by atoms with Crippen molar-refractivity contribution < 1.29 is 4.79 Å². The molecule has 0 aromatic rings. The molecule has 0 spiro atoms. The zero-order valence-corrected chi connectivity index (χ0v) is 10.2. The summed E-state index contributed by atoms with van der Waals surface area (Å²) in [5.74, 6) is 1.07. The van der Waals surface area contributed by atoms with Crippen molar-refractivity contribution in [1.82, 2.24) is 0 Å². The maximum Gasteiger partial charge on any atom is 0.140 e. The van der Waals surface area contributed by atoms with Gasteiger partial charge in [0.1, 0.15) is 5.78 Å². The summed E-state index contributed by atoms with van der Waals surface area (Å²) in [5.41, 5.74) is 5.56. The lowest BCUT2D eigenvalue weighted by Gasteiger charge is -2.29. The van der Waals surface area contributed by atoms with Crippen molar-refractivity contribution in [1.29, 1.82) is 0 Å². The maximum absolute atomic E-state index is 12.2. The van der Waals surface area contributed by atoms with Gasteiger partial charge in [0.2, 0.25) is 0 Å². The molecule has 15 heavy (non-hydrogen) atoms. The lowest BCUT2D eigenvalue weighted by Crippen LogP contribution is -2.38. The third-order valence-corrected chi connectivity index (χ3v) is 4.28. The molecule has 1 aliphatic rings. The number of carbonyl (C=O) groups is 1. The maximum atomic E-state index is 12.2. The summed E-state index contributed by atoms with van der Waals surface area (Å²) in [7, 11) is 0.